The maximum absolute atomic E-state index is 12.3. The fourth-order valence-corrected chi connectivity index (χ4v) is 1.92. The van der Waals surface area contributed by atoms with Crippen molar-refractivity contribution in [2.24, 2.45) is 11.1 Å². The minimum atomic E-state index is -0.639. The number of hydrogen-bond donors (Lipinski definition) is 2. The predicted octanol–water partition coefficient (Wildman–Crippen LogP) is 2.23. The maximum atomic E-state index is 12.3. The van der Waals surface area contributed by atoms with Crippen LogP contribution in [0.15, 0.2) is 30.9 Å². The van der Waals surface area contributed by atoms with Crippen LogP contribution in [0.4, 0.5) is 5.69 Å². The molecule has 1 aromatic carbocycles. The summed E-state index contributed by atoms with van der Waals surface area (Å²) < 4.78 is 1.55. The second-order valence-corrected chi connectivity index (χ2v) is 6.27. The van der Waals surface area contributed by atoms with Gasteiger partial charge in [-0.3, -0.25) is 4.79 Å². The molecule has 21 heavy (non-hydrogen) atoms. The number of rotatable bonds is 3. The van der Waals surface area contributed by atoms with Crippen LogP contribution in [0.1, 0.15) is 20.8 Å². The summed E-state index contributed by atoms with van der Waals surface area (Å²) in [6.45, 7) is 5.73. The first-order chi connectivity index (χ1) is 9.79. The Morgan fingerprint density at radius 3 is 2.71 bits per heavy atom. The number of nitrogens with two attached hydrogens (primary N) is 1. The van der Waals surface area contributed by atoms with Crippen LogP contribution in [0, 0.1) is 5.41 Å². The monoisotopic (exact) mass is 307 g/mol. The van der Waals surface area contributed by atoms with Crippen LogP contribution >= 0.6 is 11.6 Å². The summed E-state index contributed by atoms with van der Waals surface area (Å²) in [6, 6.07) is 4.50. The Labute approximate surface area is 128 Å². The molecule has 0 radical (unpaired) electrons. The highest BCUT2D eigenvalue weighted by Gasteiger charge is 2.28. The van der Waals surface area contributed by atoms with Gasteiger partial charge in [0, 0.05) is 5.02 Å². The molecule has 112 valence electrons. The van der Waals surface area contributed by atoms with Crippen LogP contribution in [0.2, 0.25) is 5.02 Å². The third kappa shape index (κ3) is 3.59. The van der Waals surface area contributed by atoms with E-state index in [4.69, 9.17) is 17.3 Å². The highest BCUT2D eigenvalue weighted by molar-refractivity contribution is 6.31. The Morgan fingerprint density at radius 1 is 1.43 bits per heavy atom. The van der Waals surface area contributed by atoms with Crippen molar-refractivity contribution in [1.29, 1.82) is 0 Å². The number of carbonyl (C=O) groups excluding carboxylic acids is 1. The Bertz CT molecular complexity index is 633. The van der Waals surface area contributed by atoms with Crippen LogP contribution in [-0.4, -0.2) is 26.7 Å². The summed E-state index contributed by atoms with van der Waals surface area (Å²) in [7, 11) is 0. The minimum absolute atomic E-state index is 0.272. The molecule has 0 fully saturated rings. The van der Waals surface area contributed by atoms with Crippen molar-refractivity contribution in [2.45, 2.75) is 26.8 Å². The molecule has 0 bridgehead atoms. The molecule has 2 aromatic rings. The Kier molecular flexibility index (Phi) is 4.29. The molecule has 1 atom stereocenters. The predicted molar refractivity (Wildman–Crippen MR) is 82.4 cm³/mol. The van der Waals surface area contributed by atoms with Crippen molar-refractivity contribution in [3.63, 3.8) is 0 Å². The summed E-state index contributed by atoms with van der Waals surface area (Å²) in [5.74, 6) is -0.272. The van der Waals surface area contributed by atoms with E-state index >= 15 is 0 Å². The first kappa shape index (κ1) is 15.5. The van der Waals surface area contributed by atoms with Crippen LogP contribution in [0.5, 0.6) is 0 Å². The van der Waals surface area contributed by atoms with Crippen molar-refractivity contribution >= 4 is 23.2 Å². The first-order valence-electron chi connectivity index (χ1n) is 6.50. The summed E-state index contributed by atoms with van der Waals surface area (Å²) >= 11 is 6.00. The van der Waals surface area contributed by atoms with Gasteiger partial charge in [0.15, 0.2) is 0 Å². The molecule has 6 nitrogen and oxygen atoms in total. The van der Waals surface area contributed by atoms with Gasteiger partial charge in [-0.05, 0) is 23.6 Å². The third-order valence-electron chi connectivity index (χ3n) is 3.10. The number of amides is 1. The van der Waals surface area contributed by atoms with Gasteiger partial charge in [0.1, 0.15) is 12.7 Å². The average molecular weight is 308 g/mol. The molecular weight excluding hydrogens is 290 g/mol. The smallest absolute Gasteiger partial charge is 0.241 e. The molecule has 1 heterocycles. The Morgan fingerprint density at radius 2 is 2.14 bits per heavy atom. The SMILES string of the molecule is CC(C)(C)[C@H](N)C(=O)Nc1cc(Cl)ccc1-n1cncn1. The standard InChI is InChI=1S/C14H18ClN5O/c1-14(2,3)12(16)13(21)19-10-6-9(15)4-5-11(10)20-8-17-7-18-20/h4-8,12H,16H2,1-3H3,(H,19,21)/t12-/m1/s1. The van der Waals surface area contributed by atoms with Crippen molar-refractivity contribution in [3.8, 4) is 5.69 Å². The zero-order valence-electron chi connectivity index (χ0n) is 12.2. The Hall–Kier alpha value is -1.92. The molecule has 0 unspecified atom stereocenters. The zero-order chi connectivity index (χ0) is 15.6. The molecule has 1 amide bonds. The molecule has 2 rings (SSSR count). The Balaban J connectivity index is 2.32. The quantitative estimate of drug-likeness (QED) is 0.910. The normalized spacial score (nSPS) is 13.0. The van der Waals surface area contributed by atoms with E-state index in [0.717, 1.165) is 0 Å². The lowest BCUT2D eigenvalue weighted by atomic mass is 9.87. The van der Waals surface area contributed by atoms with Crippen molar-refractivity contribution in [1.82, 2.24) is 14.8 Å². The first-order valence-corrected chi connectivity index (χ1v) is 6.88. The fourth-order valence-electron chi connectivity index (χ4n) is 1.74. The van der Waals surface area contributed by atoms with E-state index < -0.39 is 6.04 Å². The average Bonchev–Trinajstić information content (AvgIpc) is 2.90. The second-order valence-electron chi connectivity index (χ2n) is 5.83. The molecular formula is C14H18ClN5O. The van der Waals surface area contributed by atoms with Gasteiger partial charge in [0.25, 0.3) is 0 Å². The molecule has 0 saturated heterocycles. The van der Waals surface area contributed by atoms with E-state index in [1.807, 2.05) is 20.8 Å². The number of nitrogens with one attached hydrogen (secondary N) is 1. The number of aromatic nitrogens is 3. The number of anilines is 1. The zero-order valence-corrected chi connectivity index (χ0v) is 12.9. The van der Waals surface area contributed by atoms with Gasteiger partial charge < -0.3 is 11.1 Å². The molecule has 0 aliphatic heterocycles. The van der Waals surface area contributed by atoms with Gasteiger partial charge >= 0.3 is 0 Å². The van der Waals surface area contributed by atoms with Gasteiger partial charge in [-0.15, -0.1) is 0 Å². The van der Waals surface area contributed by atoms with Crippen molar-refractivity contribution in [2.75, 3.05) is 5.32 Å². The summed E-state index contributed by atoms with van der Waals surface area (Å²) in [6.07, 6.45) is 2.96. The number of hydrogen-bond acceptors (Lipinski definition) is 4. The lowest BCUT2D eigenvalue weighted by molar-refractivity contribution is -0.119. The van der Waals surface area contributed by atoms with Crippen LogP contribution in [0.25, 0.3) is 5.69 Å². The van der Waals surface area contributed by atoms with Gasteiger partial charge in [0.2, 0.25) is 5.91 Å². The molecule has 0 aliphatic carbocycles. The van der Waals surface area contributed by atoms with Crippen LogP contribution in [-0.2, 0) is 4.79 Å². The summed E-state index contributed by atoms with van der Waals surface area (Å²) in [5, 5.41) is 7.38. The van der Waals surface area contributed by atoms with Gasteiger partial charge in [-0.1, -0.05) is 32.4 Å². The van der Waals surface area contributed by atoms with Crippen LogP contribution in [0.3, 0.4) is 0 Å². The lowest BCUT2D eigenvalue weighted by Gasteiger charge is -2.26. The molecule has 3 N–H and O–H groups in total. The van der Waals surface area contributed by atoms with Gasteiger partial charge in [-0.2, -0.15) is 5.10 Å². The van der Waals surface area contributed by atoms with E-state index in [2.05, 4.69) is 15.4 Å². The van der Waals surface area contributed by atoms with Crippen LogP contribution < -0.4 is 11.1 Å². The van der Waals surface area contributed by atoms with E-state index in [-0.39, 0.29) is 11.3 Å². The molecule has 0 aliphatic rings. The minimum Gasteiger partial charge on any atom is -0.323 e. The second kappa shape index (κ2) is 5.83. The maximum Gasteiger partial charge on any atom is 0.241 e. The van der Waals surface area contributed by atoms with Crippen molar-refractivity contribution < 1.29 is 4.79 Å². The fraction of sp³-hybridized carbons (Fsp3) is 0.357. The van der Waals surface area contributed by atoms with Crippen molar-refractivity contribution in [3.05, 3.63) is 35.9 Å². The highest BCUT2D eigenvalue weighted by Crippen LogP contribution is 2.25. The topological polar surface area (TPSA) is 85.8 Å². The highest BCUT2D eigenvalue weighted by atomic mass is 35.5. The number of carbonyl (C=O) groups is 1. The van der Waals surface area contributed by atoms with Gasteiger partial charge in [0.05, 0.1) is 17.4 Å². The third-order valence-corrected chi connectivity index (χ3v) is 3.33. The molecule has 7 heteroatoms. The van der Waals surface area contributed by atoms with E-state index in [1.165, 1.54) is 6.33 Å². The van der Waals surface area contributed by atoms with E-state index in [1.54, 1.807) is 29.2 Å². The van der Waals surface area contributed by atoms with Gasteiger partial charge in [-0.25, -0.2) is 9.67 Å². The van der Waals surface area contributed by atoms with E-state index in [9.17, 15) is 4.79 Å². The largest absolute Gasteiger partial charge is 0.323 e. The number of benzene rings is 1. The summed E-state index contributed by atoms with van der Waals surface area (Å²) in [5.41, 5.74) is 6.84. The number of halogens is 1. The summed E-state index contributed by atoms with van der Waals surface area (Å²) in [4.78, 5) is 16.2. The van der Waals surface area contributed by atoms with E-state index in [0.29, 0.717) is 16.4 Å². The molecule has 1 aromatic heterocycles. The molecule has 0 saturated carbocycles. The number of nitrogens with zero attached hydrogens (tertiary/aromatic N) is 3. The lowest BCUT2D eigenvalue weighted by Crippen LogP contribution is -2.45. The molecule has 0 spiro atoms.